The normalized spacial score (nSPS) is 14.6. The van der Waals surface area contributed by atoms with Gasteiger partial charge < -0.3 is 14.8 Å². The molecule has 3 aromatic rings. The Morgan fingerprint density at radius 2 is 1.26 bits per heavy atom. The minimum atomic E-state index is -0.788. The van der Waals surface area contributed by atoms with Crippen molar-refractivity contribution in [2.75, 3.05) is 0 Å². The molecule has 0 aliphatic carbocycles. The molecule has 0 atom stereocenters. The molecule has 0 fully saturated rings. The van der Waals surface area contributed by atoms with Crippen molar-refractivity contribution in [1.29, 1.82) is 0 Å². The molecule has 0 saturated carbocycles. The SMILES string of the molecule is CC1=C(C(=O)OC(C)(C)C)C(c2cn(-c3ccccc3)nc2-c2c(C)cc(C)cc2C)C(C(=O)OC(C)(C)C)=C(C)N1. The zero-order valence-electron chi connectivity index (χ0n) is 26.7. The molecule has 1 N–H and O–H groups in total. The number of esters is 2. The van der Waals surface area contributed by atoms with Gasteiger partial charge in [0.1, 0.15) is 11.2 Å². The van der Waals surface area contributed by atoms with Crippen molar-refractivity contribution < 1.29 is 19.1 Å². The Morgan fingerprint density at radius 1 is 0.786 bits per heavy atom. The van der Waals surface area contributed by atoms with E-state index in [0.717, 1.165) is 33.5 Å². The van der Waals surface area contributed by atoms with Crippen molar-refractivity contribution in [3.63, 3.8) is 0 Å². The first kappa shape index (κ1) is 30.8. The van der Waals surface area contributed by atoms with Crippen LogP contribution in [0.25, 0.3) is 16.9 Å². The highest BCUT2D eigenvalue weighted by molar-refractivity contribution is 6.01. The predicted molar refractivity (Wildman–Crippen MR) is 166 cm³/mol. The van der Waals surface area contributed by atoms with Gasteiger partial charge in [-0.3, -0.25) is 0 Å². The average Bonchev–Trinajstić information content (AvgIpc) is 3.25. The second kappa shape index (κ2) is 11.3. The number of hydrogen-bond acceptors (Lipinski definition) is 6. The van der Waals surface area contributed by atoms with E-state index < -0.39 is 29.1 Å². The third-order valence-electron chi connectivity index (χ3n) is 6.99. The summed E-state index contributed by atoms with van der Waals surface area (Å²) in [6.45, 7) is 20.9. The third kappa shape index (κ3) is 6.51. The lowest BCUT2D eigenvalue weighted by Gasteiger charge is -2.33. The molecular formula is C35H43N3O4. The Kier molecular flexibility index (Phi) is 8.27. The monoisotopic (exact) mass is 569 g/mol. The molecule has 0 spiro atoms. The topological polar surface area (TPSA) is 82.5 Å². The van der Waals surface area contributed by atoms with E-state index in [-0.39, 0.29) is 0 Å². The number of dihydropyridines is 1. The molecule has 1 aliphatic heterocycles. The highest BCUT2D eigenvalue weighted by Crippen LogP contribution is 2.45. The van der Waals surface area contributed by atoms with Gasteiger partial charge in [-0.15, -0.1) is 0 Å². The fourth-order valence-corrected chi connectivity index (χ4v) is 5.57. The van der Waals surface area contributed by atoms with Crippen molar-refractivity contribution in [2.45, 2.75) is 93.3 Å². The van der Waals surface area contributed by atoms with Gasteiger partial charge in [0.25, 0.3) is 0 Å². The third-order valence-corrected chi connectivity index (χ3v) is 6.99. The van der Waals surface area contributed by atoms with Crippen LogP contribution in [0.2, 0.25) is 0 Å². The fraction of sp³-hybridized carbons (Fsp3) is 0.400. The molecular weight excluding hydrogens is 526 g/mol. The molecule has 0 unspecified atom stereocenters. The van der Waals surface area contributed by atoms with Crippen LogP contribution in [0.1, 0.15) is 83.6 Å². The summed E-state index contributed by atoms with van der Waals surface area (Å²) in [5, 5.41) is 8.38. The summed E-state index contributed by atoms with van der Waals surface area (Å²) in [6, 6.07) is 14.1. The number of aromatic nitrogens is 2. The second-order valence-electron chi connectivity index (χ2n) is 13.1. The molecule has 0 bridgehead atoms. The van der Waals surface area contributed by atoms with Gasteiger partial charge in [0.2, 0.25) is 0 Å². The van der Waals surface area contributed by atoms with Crippen LogP contribution in [-0.4, -0.2) is 32.9 Å². The van der Waals surface area contributed by atoms with Crippen LogP contribution in [0.15, 0.2) is 71.2 Å². The number of carbonyl (C=O) groups is 2. The zero-order valence-corrected chi connectivity index (χ0v) is 26.7. The number of allylic oxidation sites excluding steroid dienone is 2. The number of nitrogens with zero attached hydrogens (tertiary/aromatic N) is 2. The zero-order chi connectivity index (χ0) is 31.1. The minimum Gasteiger partial charge on any atom is -0.457 e. The molecule has 1 aliphatic rings. The Balaban J connectivity index is 2.08. The molecule has 0 saturated heterocycles. The van der Waals surface area contributed by atoms with Gasteiger partial charge in [-0.05, 0) is 99.4 Å². The molecule has 2 heterocycles. The first-order valence-corrected chi connectivity index (χ1v) is 14.4. The van der Waals surface area contributed by atoms with E-state index >= 15 is 0 Å². The van der Waals surface area contributed by atoms with Crippen LogP contribution in [0.3, 0.4) is 0 Å². The van der Waals surface area contributed by atoms with Gasteiger partial charge >= 0.3 is 11.9 Å². The molecule has 7 nitrogen and oxygen atoms in total. The Labute approximate surface area is 249 Å². The van der Waals surface area contributed by atoms with E-state index in [9.17, 15) is 9.59 Å². The molecule has 4 rings (SSSR count). The first-order chi connectivity index (χ1) is 19.5. The van der Waals surface area contributed by atoms with E-state index in [0.29, 0.717) is 28.2 Å². The summed E-state index contributed by atoms with van der Waals surface area (Å²) in [5.74, 6) is -1.79. The van der Waals surface area contributed by atoms with Gasteiger partial charge in [-0.25, -0.2) is 14.3 Å². The summed E-state index contributed by atoms with van der Waals surface area (Å²) in [7, 11) is 0. The lowest BCUT2D eigenvalue weighted by atomic mass is 9.79. The Morgan fingerprint density at radius 3 is 1.71 bits per heavy atom. The number of hydrogen-bond donors (Lipinski definition) is 1. The number of carbonyl (C=O) groups excluding carboxylic acids is 2. The predicted octanol–water partition coefficient (Wildman–Crippen LogP) is 7.38. The summed E-state index contributed by atoms with van der Waals surface area (Å²) in [5.41, 5.74) is 6.97. The van der Waals surface area contributed by atoms with Gasteiger partial charge in [0, 0.05) is 28.7 Å². The van der Waals surface area contributed by atoms with Crippen LogP contribution in [0.5, 0.6) is 0 Å². The molecule has 7 heteroatoms. The summed E-state index contributed by atoms with van der Waals surface area (Å²) < 4.78 is 13.7. The van der Waals surface area contributed by atoms with Crippen LogP contribution in [-0.2, 0) is 19.1 Å². The van der Waals surface area contributed by atoms with E-state index in [1.54, 1.807) is 0 Å². The quantitative estimate of drug-likeness (QED) is 0.323. The molecule has 1 aromatic heterocycles. The number of ether oxygens (including phenoxy) is 2. The largest absolute Gasteiger partial charge is 0.457 e. The number of nitrogens with one attached hydrogen (secondary N) is 1. The van der Waals surface area contributed by atoms with Crippen molar-refractivity contribution in [1.82, 2.24) is 15.1 Å². The van der Waals surface area contributed by atoms with Crippen LogP contribution >= 0.6 is 0 Å². The van der Waals surface area contributed by atoms with Crippen molar-refractivity contribution in [3.05, 3.63) is 93.5 Å². The molecule has 2 aromatic carbocycles. The van der Waals surface area contributed by atoms with Crippen molar-refractivity contribution in [2.24, 2.45) is 0 Å². The van der Waals surface area contributed by atoms with Crippen LogP contribution < -0.4 is 5.32 Å². The Bertz CT molecular complexity index is 1520. The van der Waals surface area contributed by atoms with Gasteiger partial charge in [-0.2, -0.15) is 5.10 Å². The molecule has 0 radical (unpaired) electrons. The maximum absolute atomic E-state index is 13.9. The molecule has 222 valence electrons. The number of para-hydroxylation sites is 1. The number of benzene rings is 2. The maximum atomic E-state index is 13.9. The maximum Gasteiger partial charge on any atom is 0.337 e. The van der Waals surface area contributed by atoms with Crippen LogP contribution in [0, 0.1) is 20.8 Å². The van der Waals surface area contributed by atoms with Gasteiger partial charge in [0.15, 0.2) is 0 Å². The first-order valence-electron chi connectivity index (χ1n) is 14.4. The van der Waals surface area contributed by atoms with E-state index in [2.05, 4.69) is 38.2 Å². The highest BCUT2D eigenvalue weighted by atomic mass is 16.6. The fourth-order valence-electron chi connectivity index (χ4n) is 5.57. The molecule has 0 amide bonds. The van der Waals surface area contributed by atoms with E-state index in [4.69, 9.17) is 14.6 Å². The second-order valence-corrected chi connectivity index (χ2v) is 13.1. The van der Waals surface area contributed by atoms with Gasteiger partial charge in [0.05, 0.1) is 28.4 Å². The standard InChI is InChI=1S/C35H43N3O4/c1-20-17-21(2)27(22(3)18-20)31-26(19-38(37-31)25-15-13-12-14-16-25)30-28(32(39)41-34(6,7)8)23(4)36-24(5)29(30)33(40)42-35(9,10)11/h12-19,30,36H,1-11H3. The smallest absolute Gasteiger partial charge is 0.337 e. The lowest BCUT2D eigenvalue weighted by Crippen LogP contribution is -2.36. The molecule has 42 heavy (non-hydrogen) atoms. The average molecular weight is 570 g/mol. The van der Waals surface area contributed by atoms with E-state index in [1.807, 2.05) is 96.6 Å². The van der Waals surface area contributed by atoms with Crippen LogP contribution in [0.4, 0.5) is 0 Å². The minimum absolute atomic E-state index is 0.354. The number of aryl methyl sites for hydroxylation is 3. The highest BCUT2D eigenvalue weighted by Gasteiger charge is 2.42. The van der Waals surface area contributed by atoms with Crippen molar-refractivity contribution in [3.8, 4) is 16.9 Å². The lowest BCUT2D eigenvalue weighted by molar-refractivity contribution is -0.150. The van der Waals surface area contributed by atoms with Crippen molar-refractivity contribution >= 4 is 11.9 Å². The van der Waals surface area contributed by atoms with E-state index in [1.165, 1.54) is 0 Å². The summed E-state index contributed by atoms with van der Waals surface area (Å²) in [4.78, 5) is 27.9. The summed E-state index contributed by atoms with van der Waals surface area (Å²) in [6.07, 6.45) is 1.93. The number of rotatable bonds is 5. The summed E-state index contributed by atoms with van der Waals surface area (Å²) >= 11 is 0. The Hall–Kier alpha value is -4.13. The van der Waals surface area contributed by atoms with Gasteiger partial charge in [-0.1, -0.05) is 35.9 Å².